The van der Waals surface area contributed by atoms with Crippen LogP contribution in [0.3, 0.4) is 0 Å². The van der Waals surface area contributed by atoms with E-state index < -0.39 is 16.0 Å². The van der Waals surface area contributed by atoms with Crippen LogP contribution in [0.5, 0.6) is 5.75 Å². The largest absolute Gasteiger partial charge is 0.423 e. The molecule has 0 bridgehead atoms. The molecule has 0 radical (unpaired) electrons. The van der Waals surface area contributed by atoms with Gasteiger partial charge in [0.1, 0.15) is 5.75 Å². The minimum atomic E-state index is -3.63. The monoisotopic (exact) mass is 519 g/mol. The molecule has 0 fully saturated rings. The van der Waals surface area contributed by atoms with Crippen LogP contribution in [0.2, 0.25) is 0 Å². The third-order valence-electron chi connectivity index (χ3n) is 5.93. The maximum absolute atomic E-state index is 13.0. The van der Waals surface area contributed by atoms with Gasteiger partial charge in [0, 0.05) is 24.9 Å². The maximum atomic E-state index is 13.0. The molecule has 0 aliphatic carbocycles. The van der Waals surface area contributed by atoms with Crippen molar-refractivity contribution in [3.05, 3.63) is 100.0 Å². The fourth-order valence-corrected chi connectivity index (χ4v) is 5.77. The van der Waals surface area contributed by atoms with Gasteiger partial charge in [-0.2, -0.15) is 9.40 Å². The van der Waals surface area contributed by atoms with Crippen molar-refractivity contribution in [2.24, 2.45) is 0 Å². The van der Waals surface area contributed by atoms with Gasteiger partial charge < -0.3 is 4.74 Å². The van der Waals surface area contributed by atoms with Crippen molar-refractivity contribution in [2.75, 3.05) is 13.1 Å². The van der Waals surface area contributed by atoms with Crippen molar-refractivity contribution in [2.45, 2.75) is 38.0 Å². The quantitative estimate of drug-likeness (QED) is 0.243. The van der Waals surface area contributed by atoms with E-state index in [1.807, 2.05) is 32.0 Å². The normalized spacial score (nSPS) is 11.6. The SMILES string of the molecule is CCCN(CCC)S(=O)(=O)c1ccc(C(=O)Oc2cccc(Cc3n[nH]c(=O)c4ccccc34)c2)cc1. The average Bonchev–Trinajstić information content (AvgIpc) is 2.90. The van der Waals surface area contributed by atoms with E-state index in [2.05, 4.69) is 10.2 Å². The number of carbonyl (C=O) groups is 1. The van der Waals surface area contributed by atoms with Crippen LogP contribution in [0.25, 0.3) is 10.8 Å². The molecule has 0 spiro atoms. The first kappa shape index (κ1) is 26.2. The predicted octanol–water partition coefficient (Wildman–Crippen LogP) is 4.54. The van der Waals surface area contributed by atoms with Crippen LogP contribution in [0.4, 0.5) is 0 Å². The molecule has 9 heteroatoms. The van der Waals surface area contributed by atoms with E-state index >= 15 is 0 Å². The zero-order valence-corrected chi connectivity index (χ0v) is 21.6. The summed E-state index contributed by atoms with van der Waals surface area (Å²) in [7, 11) is -3.63. The summed E-state index contributed by atoms with van der Waals surface area (Å²) in [5.41, 5.74) is 1.55. The minimum Gasteiger partial charge on any atom is -0.423 e. The zero-order chi connectivity index (χ0) is 26.4. The number of esters is 1. The van der Waals surface area contributed by atoms with E-state index in [-0.39, 0.29) is 16.0 Å². The molecule has 4 rings (SSSR count). The Bertz CT molecular complexity index is 1560. The smallest absolute Gasteiger partial charge is 0.343 e. The number of H-pyrrole nitrogens is 1. The standard InChI is InChI=1S/C28H29N3O5S/c1-3-16-31(17-4-2)37(34,35)23-14-12-21(13-15-23)28(33)36-22-9-7-8-20(18-22)19-26-24-10-5-6-11-25(24)27(32)30-29-26/h5-15,18H,3-4,16-17,19H2,1-2H3,(H,30,32). The summed E-state index contributed by atoms with van der Waals surface area (Å²) < 4.78 is 32.9. The number of benzene rings is 3. The Balaban J connectivity index is 1.49. The third-order valence-corrected chi connectivity index (χ3v) is 7.84. The molecule has 0 aliphatic rings. The summed E-state index contributed by atoms with van der Waals surface area (Å²) in [6, 6.07) is 20.1. The predicted molar refractivity (Wildman–Crippen MR) is 142 cm³/mol. The van der Waals surface area contributed by atoms with E-state index in [0.29, 0.717) is 36.3 Å². The number of fused-ring (bicyclic) bond motifs is 1. The van der Waals surface area contributed by atoms with Crippen LogP contribution in [0.15, 0.2) is 82.5 Å². The first-order chi connectivity index (χ1) is 17.8. The number of nitrogens with zero attached hydrogens (tertiary/aromatic N) is 2. The second kappa shape index (κ2) is 11.5. The lowest BCUT2D eigenvalue weighted by atomic mass is 10.0. The molecule has 0 saturated carbocycles. The Kier molecular flexibility index (Phi) is 8.15. The molecule has 192 valence electrons. The highest BCUT2D eigenvalue weighted by Crippen LogP contribution is 2.22. The number of rotatable bonds is 10. The lowest BCUT2D eigenvalue weighted by molar-refractivity contribution is 0.0734. The Hall–Kier alpha value is -3.82. The van der Waals surface area contributed by atoms with Crippen LogP contribution in [0, 0.1) is 0 Å². The van der Waals surface area contributed by atoms with E-state index in [1.54, 1.807) is 30.3 Å². The van der Waals surface area contributed by atoms with Crippen LogP contribution < -0.4 is 10.3 Å². The van der Waals surface area contributed by atoms with Gasteiger partial charge in [-0.05, 0) is 60.9 Å². The Morgan fingerprint density at radius 1 is 0.919 bits per heavy atom. The molecule has 8 nitrogen and oxygen atoms in total. The van der Waals surface area contributed by atoms with E-state index in [9.17, 15) is 18.0 Å². The topological polar surface area (TPSA) is 109 Å². The summed E-state index contributed by atoms with van der Waals surface area (Å²) >= 11 is 0. The number of sulfonamides is 1. The summed E-state index contributed by atoms with van der Waals surface area (Å²) in [4.78, 5) is 25.0. The highest BCUT2D eigenvalue weighted by Gasteiger charge is 2.23. The molecule has 37 heavy (non-hydrogen) atoms. The van der Waals surface area contributed by atoms with Crippen LogP contribution >= 0.6 is 0 Å². The maximum Gasteiger partial charge on any atom is 0.343 e. The van der Waals surface area contributed by atoms with E-state index in [1.165, 1.54) is 28.6 Å². The molecule has 0 aliphatic heterocycles. The van der Waals surface area contributed by atoms with Crippen LogP contribution in [0.1, 0.15) is 48.3 Å². The lowest BCUT2D eigenvalue weighted by Crippen LogP contribution is -2.32. The van der Waals surface area contributed by atoms with Crippen LogP contribution in [-0.2, 0) is 16.4 Å². The summed E-state index contributed by atoms with van der Waals surface area (Å²) in [6.45, 7) is 4.76. The molecule has 1 aromatic heterocycles. The van der Waals surface area contributed by atoms with Gasteiger partial charge in [0.2, 0.25) is 10.0 Å². The highest BCUT2D eigenvalue weighted by atomic mass is 32.2. The molecule has 4 aromatic rings. The van der Waals surface area contributed by atoms with Crippen molar-refractivity contribution in [1.82, 2.24) is 14.5 Å². The molecule has 1 N–H and O–H groups in total. The average molecular weight is 520 g/mol. The third kappa shape index (κ3) is 5.95. The molecular formula is C28H29N3O5S. The van der Waals surface area contributed by atoms with Gasteiger partial charge >= 0.3 is 5.97 Å². The molecule has 3 aromatic carbocycles. The summed E-state index contributed by atoms with van der Waals surface area (Å²) in [5.74, 6) is -0.238. The minimum absolute atomic E-state index is 0.147. The summed E-state index contributed by atoms with van der Waals surface area (Å²) in [5, 5.41) is 8.06. The van der Waals surface area contributed by atoms with Gasteiger partial charge in [-0.15, -0.1) is 0 Å². The van der Waals surface area contributed by atoms with Gasteiger partial charge in [-0.25, -0.2) is 18.3 Å². The van der Waals surface area contributed by atoms with Crippen molar-refractivity contribution < 1.29 is 17.9 Å². The Morgan fingerprint density at radius 2 is 1.59 bits per heavy atom. The van der Waals surface area contributed by atoms with Crippen molar-refractivity contribution >= 4 is 26.8 Å². The van der Waals surface area contributed by atoms with Crippen molar-refractivity contribution in [3.63, 3.8) is 0 Å². The molecule has 0 saturated heterocycles. The van der Waals surface area contributed by atoms with Gasteiger partial charge in [0.05, 0.1) is 21.5 Å². The number of aromatic nitrogens is 2. The van der Waals surface area contributed by atoms with Crippen molar-refractivity contribution in [3.8, 4) is 5.75 Å². The molecule has 1 heterocycles. The Labute approximate surface area is 216 Å². The molecule has 0 atom stereocenters. The van der Waals surface area contributed by atoms with Crippen LogP contribution in [-0.4, -0.2) is 42.0 Å². The van der Waals surface area contributed by atoms with E-state index in [4.69, 9.17) is 4.74 Å². The number of hydrogen-bond donors (Lipinski definition) is 1. The highest BCUT2D eigenvalue weighted by molar-refractivity contribution is 7.89. The number of nitrogens with one attached hydrogen (secondary N) is 1. The lowest BCUT2D eigenvalue weighted by Gasteiger charge is -2.21. The second-order valence-electron chi connectivity index (χ2n) is 8.69. The fourth-order valence-electron chi connectivity index (χ4n) is 4.15. The first-order valence-corrected chi connectivity index (χ1v) is 13.6. The number of carbonyl (C=O) groups excluding carboxylic acids is 1. The Morgan fingerprint density at radius 3 is 2.27 bits per heavy atom. The number of aromatic amines is 1. The second-order valence-corrected chi connectivity index (χ2v) is 10.6. The van der Waals surface area contributed by atoms with Crippen molar-refractivity contribution in [1.29, 1.82) is 0 Å². The number of ether oxygens (including phenoxy) is 1. The number of hydrogen-bond acceptors (Lipinski definition) is 6. The first-order valence-electron chi connectivity index (χ1n) is 12.2. The molecule has 0 amide bonds. The fraction of sp³-hybridized carbons (Fsp3) is 0.250. The van der Waals surface area contributed by atoms with E-state index in [0.717, 1.165) is 23.8 Å². The molecular weight excluding hydrogens is 490 g/mol. The van der Waals surface area contributed by atoms with Gasteiger partial charge in [0.15, 0.2) is 0 Å². The zero-order valence-electron chi connectivity index (χ0n) is 20.8. The summed E-state index contributed by atoms with van der Waals surface area (Å²) in [6.07, 6.45) is 1.87. The van der Waals surface area contributed by atoms with Gasteiger partial charge in [0.25, 0.3) is 5.56 Å². The van der Waals surface area contributed by atoms with Gasteiger partial charge in [-0.3, -0.25) is 4.79 Å². The van der Waals surface area contributed by atoms with Gasteiger partial charge in [-0.1, -0.05) is 44.2 Å². The molecule has 0 unspecified atom stereocenters.